The van der Waals surface area contributed by atoms with Gasteiger partial charge in [0.05, 0.1) is 12.6 Å². The van der Waals surface area contributed by atoms with Crippen molar-refractivity contribution in [3.8, 4) is 0 Å². The van der Waals surface area contributed by atoms with Crippen LogP contribution in [-0.4, -0.2) is 52.3 Å². The number of piperidine rings is 1. The van der Waals surface area contributed by atoms with Crippen molar-refractivity contribution in [3.05, 3.63) is 18.2 Å². The predicted molar refractivity (Wildman–Crippen MR) is 83.5 cm³/mol. The second-order valence-corrected chi connectivity index (χ2v) is 6.35. The first-order valence-corrected chi connectivity index (χ1v) is 7.94. The second kappa shape index (κ2) is 7.74. The van der Waals surface area contributed by atoms with Gasteiger partial charge in [-0.05, 0) is 32.2 Å². The number of likely N-dealkylation sites (tertiary alicyclic amines) is 1. The molecule has 0 amide bonds. The molecule has 1 aromatic rings. The Morgan fingerprint density at radius 3 is 2.86 bits per heavy atom. The molecule has 3 rings (SSSR count). The van der Waals surface area contributed by atoms with Crippen LogP contribution in [-0.2, 0) is 23.1 Å². The van der Waals surface area contributed by atoms with E-state index < -0.39 is 0 Å². The maximum Gasteiger partial charge on any atom is 0.290 e. The summed E-state index contributed by atoms with van der Waals surface area (Å²) in [5, 5.41) is 6.89. The number of hydrogen-bond acceptors (Lipinski definition) is 4. The van der Waals surface area contributed by atoms with Crippen LogP contribution in [0.5, 0.6) is 0 Å². The van der Waals surface area contributed by atoms with Gasteiger partial charge in [-0.1, -0.05) is 6.42 Å². The third-order valence-corrected chi connectivity index (χ3v) is 5.08. The minimum Gasteiger partial charge on any atom is -0.483 e. The van der Waals surface area contributed by atoms with E-state index >= 15 is 0 Å². The number of aromatic nitrogens is 2. The molecule has 2 atom stereocenters. The molecule has 0 bridgehead atoms. The van der Waals surface area contributed by atoms with Crippen molar-refractivity contribution in [1.29, 1.82) is 0 Å². The third-order valence-electron chi connectivity index (χ3n) is 5.08. The highest BCUT2D eigenvalue weighted by Gasteiger charge is 2.45. The van der Waals surface area contributed by atoms with Gasteiger partial charge in [-0.25, -0.2) is 4.98 Å². The quantitative estimate of drug-likeness (QED) is 0.864. The minimum atomic E-state index is -0.250. The van der Waals surface area contributed by atoms with Crippen LogP contribution in [0.3, 0.4) is 0 Å². The van der Waals surface area contributed by atoms with E-state index in [0.29, 0.717) is 11.5 Å². The van der Waals surface area contributed by atoms with Crippen molar-refractivity contribution >= 4 is 6.47 Å². The smallest absolute Gasteiger partial charge is 0.290 e. The molecule has 2 fully saturated rings. The van der Waals surface area contributed by atoms with Gasteiger partial charge in [0.15, 0.2) is 0 Å². The first-order valence-electron chi connectivity index (χ1n) is 7.94. The van der Waals surface area contributed by atoms with E-state index in [0.717, 1.165) is 6.54 Å². The predicted octanol–water partition coefficient (Wildman–Crippen LogP) is 1.90. The number of ether oxygens (including phenoxy) is 1. The van der Waals surface area contributed by atoms with Crippen LogP contribution in [0.4, 0.5) is 0 Å². The van der Waals surface area contributed by atoms with Crippen molar-refractivity contribution in [2.45, 2.75) is 44.8 Å². The molecular weight excluding hydrogens is 282 g/mol. The standard InChI is InChI=1S/C15H25N3O.CH2O2/c1-17-10-8-16-14(17)11-18-9-4-7-15(12-18)6-3-5-13(15)19-2;2-1-3/h8,10,13H,3-7,9,11-12H2,1-2H3;1H,(H,2,3)/t13-,15-;/m1./s1. The van der Waals surface area contributed by atoms with Gasteiger partial charge < -0.3 is 14.4 Å². The van der Waals surface area contributed by atoms with E-state index in [2.05, 4.69) is 21.5 Å². The van der Waals surface area contributed by atoms with Crippen LogP contribution >= 0.6 is 0 Å². The maximum atomic E-state index is 8.36. The van der Waals surface area contributed by atoms with E-state index in [1.54, 1.807) is 0 Å². The highest BCUT2D eigenvalue weighted by molar-refractivity contribution is 5.32. The van der Waals surface area contributed by atoms with Crippen LogP contribution in [0.25, 0.3) is 0 Å². The van der Waals surface area contributed by atoms with Gasteiger partial charge in [-0.2, -0.15) is 0 Å². The zero-order chi connectivity index (χ0) is 16.0. The van der Waals surface area contributed by atoms with Crippen LogP contribution in [0.15, 0.2) is 12.4 Å². The fraction of sp³-hybridized carbons (Fsp3) is 0.750. The summed E-state index contributed by atoms with van der Waals surface area (Å²) >= 11 is 0. The maximum absolute atomic E-state index is 8.36. The molecule has 1 saturated heterocycles. The molecule has 2 aliphatic rings. The zero-order valence-corrected chi connectivity index (χ0v) is 13.6. The first kappa shape index (κ1) is 17.0. The molecule has 0 radical (unpaired) electrons. The van der Waals surface area contributed by atoms with Gasteiger partial charge in [0.25, 0.3) is 6.47 Å². The second-order valence-electron chi connectivity index (χ2n) is 6.35. The number of hydrogen-bond donors (Lipinski definition) is 1. The zero-order valence-electron chi connectivity index (χ0n) is 13.6. The molecule has 22 heavy (non-hydrogen) atoms. The molecule has 6 heteroatoms. The molecule has 6 nitrogen and oxygen atoms in total. The molecule has 124 valence electrons. The molecule has 1 spiro atoms. The number of carbonyl (C=O) groups is 1. The molecular formula is C16H27N3O3. The summed E-state index contributed by atoms with van der Waals surface area (Å²) in [6.45, 7) is 3.10. The Labute approximate surface area is 132 Å². The number of aryl methyl sites for hydroxylation is 1. The lowest BCUT2D eigenvalue weighted by molar-refractivity contribution is -0.122. The average molecular weight is 309 g/mol. The Bertz CT molecular complexity index is 477. The van der Waals surface area contributed by atoms with Gasteiger partial charge >= 0.3 is 0 Å². The van der Waals surface area contributed by atoms with Gasteiger partial charge in [-0.15, -0.1) is 0 Å². The highest BCUT2D eigenvalue weighted by atomic mass is 16.5. The van der Waals surface area contributed by atoms with Crippen molar-refractivity contribution in [1.82, 2.24) is 14.5 Å². The fourth-order valence-electron chi connectivity index (χ4n) is 4.08. The van der Waals surface area contributed by atoms with Gasteiger partial charge in [-0.3, -0.25) is 9.69 Å². The Morgan fingerprint density at radius 1 is 1.50 bits per heavy atom. The molecule has 0 unspecified atom stereocenters. The van der Waals surface area contributed by atoms with E-state index in [9.17, 15) is 0 Å². The fourth-order valence-corrected chi connectivity index (χ4v) is 4.08. The number of methoxy groups -OCH3 is 1. The van der Waals surface area contributed by atoms with Crippen LogP contribution in [0, 0.1) is 5.41 Å². The summed E-state index contributed by atoms with van der Waals surface area (Å²) in [5.41, 5.74) is 0.415. The third kappa shape index (κ3) is 3.67. The van der Waals surface area contributed by atoms with E-state index in [1.165, 1.54) is 51.0 Å². The molecule has 2 heterocycles. The molecule has 1 aliphatic carbocycles. The Balaban J connectivity index is 0.000000545. The summed E-state index contributed by atoms with van der Waals surface area (Å²) in [4.78, 5) is 15.4. The average Bonchev–Trinajstić information content (AvgIpc) is 3.07. The van der Waals surface area contributed by atoms with Gasteiger partial charge in [0, 0.05) is 38.5 Å². The van der Waals surface area contributed by atoms with Gasteiger partial charge in [0.2, 0.25) is 0 Å². The first-order chi connectivity index (χ1) is 10.6. The van der Waals surface area contributed by atoms with E-state index in [4.69, 9.17) is 14.6 Å². The summed E-state index contributed by atoms with van der Waals surface area (Å²) in [5.74, 6) is 1.17. The molecule has 1 aromatic heterocycles. The Hall–Kier alpha value is -1.40. The molecule has 1 N–H and O–H groups in total. The molecule has 1 aliphatic heterocycles. The van der Waals surface area contributed by atoms with E-state index in [1.807, 2.05) is 19.5 Å². The van der Waals surface area contributed by atoms with Crippen LogP contribution < -0.4 is 0 Å². The Kier molecular flexibility index (Phi) is 5.97. The van der Waals surface area contributed by atoms with Crippen molar-refractivity contribution in [3.63, 3.8) is 0 Å². The normalized spacial score (nSPS) is 28.4. The number of carboxylic acid groups (broad SMARTS) is 1. The summed E-state index contributed by atoms with van der Waals surface area (Å²) in [7, 11) is 3.96. The Morgan fingerprint density at radius 2 is 2.23 bits per heavy atom. The lowest BCUT2D eigenvalue weighted by Crippen LogP contribution is -2.47. The van der Waals surface area contributed by atoms with Crippen molar-refractivity contribution in [2.75, 3.05) is 20.2 Å². The summed E-state index contributed by atoms with van der Waals surface area (Å²) in [6, 6.07) is 0. The van der Waals surface area contributed by atoms with E-state index in [-0.39, 0.29) is 6.47 Å². The number of rotatable bonds is 3. The minimum absolute atomic E-state index is 0.250. The number of imidazole rings is 1. The highest BCUT2D eigenvalue weighted by Crippen LogP contribution is 2.46. The van der Waals surface area contributed by atoms with Crippen molar-refractivity contribution < 1.29 is 14.6 Å². The SMILES string of the molecule is CO[C@@H]1CCC[C@]12CCCN(Cc1nccn1C)C2.O=CO. The number of nitrogens with zero attached hydrogens (tertiary/aromatic N) is 3. The van der Waals surface area contributed by atoms with Crippen molar-refractivity contribution in [2.24, 2.45) is 12.5 Å². The van der Waals surface area contributed by atoms with Crippen LogP contribution in [0.2, 0.25) is 0 Å². The topological polar surface area (TPSA) is 67.6 Å². The monoisotopic (exact) mass is 309 g/mol. The lowest BCUT2D eigenvalue weighted by atomic mass is 9.76. The van der Waals surface area contributed by atoms with Gasteiger partial charge in [0.1, 0.15) is 5.82 Å². The molecule has 0 aromatic carbocycles. The van der Waals surface area contributed by atoms with Crippen LogP contribution in [0.1, 0.15) is 37.9 Å². The largest absolute Gasteiger partial charge is 0.483 e. The summed E-state index contributed by atoms with van der Waals surface area (Å²) in [6.07, 6.45) is 10.9. The molecule has 1 saturated carbocycles. The summed E-state index contributed by atoms with van der Waals surface area (Å²) < 4.78 is 7.89. The lowest BCUT2D eigenvalue weighted by Gasteiger charge is -2.43.